The van der Waals surface area contributed by atoms with E-state index in [-0.39, 0.29) is 60.8 Å². The largest absolute Gasteiger partial charge is 0.429 e. The van der Waals surface area contributed by atoms with E-state index in [1.165, 1.54) is 19.3 Å². The molecule has 14 nitrogen and oxygen atoms in total. The first-order chi connectivity index (χ1) is 30.8. The number of hydrogen-bond acceptors (Lipinski definition) is 13. The zero-order chi connectivity index (χ0) is 48.4. The van der Waals surface area contributed by atoms with Crippen LogP contribution in [-0.4, -0.2) is 121 Å². The molecule has 12 unspecified atom stereocenters. The molecule has 3 fully saturated rings. The Morgan fingerprint density at radius 2 is 1.63 bits per heavy atom. The summed E-state index contributed by atoms with van der Waals surface area (Å²) in [5.41, 5.74) is 1.27. The predicted molar refractivity (Wildman–Crippen MR) is 246 cm³/mol. The van der Waals surface area contributed by atoms with E-state index in [9.17, 15) is 39.0 Å². The Bertz CT molecular complexity index is 1780. The van der Waals surface area contributed by atoms with Crippen LogP contribution in [-0.2, 0) is 52.5 Å². The number of amides is 1. The molecule has 1 amide bonds. The molecule has 2 aliphatic heterocycles. The summed E-state index contributed by atoms with van der Waals surface area (Å²) in [7, 11) is 4.64. The molecule has 3 rings (SSSR count). The van der Waals surface area contributed by atoms with Gasteiger partial charge in [-0.1, -0.05) is 71.1 Å². The normalized spacial score (nSPS) is 28.4. The number of ketones is 3. The van der Waals surface area contributed by atoms with Crippen molar-refractivity contribution in [2.24, 2.45) is 35.5 Å². The summed E-state index contributed by atoms with van der Waals surface area (Å²) in [5.74, 6) is -7.28. The molecule has 364 valence electrons. The number of aldehydes is 1. The molecular weight excluding hydrogens is 835 g/mol. The van der Waals surface area contributed by atoms with Gasteiger partial charge in [-0.15, -0.1) is 0 Å². The van der Waals surface area contributed by atoms with Crippen molar-refractivity contribution in [2.75, 3.05) is 34.5 Å². The molecule has 0 spiro atoms. The molecule has 1 saturated carbocycles. The molecule has 0 radical (unpaired) electrons. The van der Waals surface area contributed by atoms with Crippen molar-refractivity contribution in [1.29, 1.82) is 0 Å². The number of allylic oxidation sites excluding steroid dienone is 9. The molecule has 14 heteroatoms. The molecule has 65 heavy (non-hydrogen) atoms. The summed E-state index contributed by atoms with van der Waals surface area (Å²) in [5, 5.41) is 22.3. The third kappa shape index (κ3) is 16.4. The quantitative estimate of drug-likeness (QED) is 0.0258. The molecule has 2 heterocycles. The smallest absolute Gasteiger partial charge is 0.333 e. The highest BCUT2D eigenvalue weighted by molar-refractivity contribution is 6.39. The minimum atomic E-state index is -2.45. The molecule has 0 aromatic rings. The molecule has 2 saturated heterocycles. The summed E-state index contributed by atoms with van der Waals surface area (Å²) >= 11 is 0. The number of methoxy groups -OCH3 is 3. The van der Waals surface area contributed by atoms with Gasteiger partial charge in [0.15, 0.2) is 11.6 Å². The van der Waals surface area contributed by atoms with Crippen LogP contribution in [0.25, 0.3) is 0 Å². The molecule has 0 bridgehead atoms. The summed E-state index contributed by atoms with van der Waals surface area (Å²) in [4.78, 5) is 80.4. The SMILES string of the molecule is COCC(=O)C(C)CC(C)/C=C/C=C/C=C(\C)C(CC1CCC(C)C(O)(C(=O)C(=O)N2CCCCC2C(=O)OC(=CC(=O)C(C)/C=C(\C)C=O)C(C)CC2CCC(O)C(OC)C2)O1)OC. The predicted octanol–water partition coefficient (Wildman–Crippen LogP) is 6.76. The third-order valence-corrected chi connectivity index (χ3v) is 13.3. The second-order valence-corrected chi connectivity index (χ2v) is 18.8. The van der Waals surface area contributed by atoms with Crippen molar-refractivity contribution in [1.82, 2.24) is 4.90 Å². The molecule has 1 aliphatic carbocycles. The van der Waals surface area contributed by atoms with E-state index in [1.54, 1.807) is 35.0 Å². The minimum absolute atomic E-state index is 0.0753. The number of rotatable bonds is 24. The van der Waals surface area contributed by atoms with Gasteiger partial charge in [0.05, 0.1) is 24.4 Å². The van der Waals surface area contributed by atoms with Crippen LogP contribution in [0.3, 0.4) is 0 Å². The van der Waals surface area contributed by atoms with Crippen molar-refractivity contribution in [3.05, 3.63) is 59.4 Å². The average Bonchev–Trinajstić information content (AvgIpc) is 3.28. The number of aliphatic hydroxyl groups is 2. The van der Waals surface area contributed by atoms with Crippen LogP contribution < -0.4 is 0 Å². The Kier molecular flexibility index (Phi) is 23.0. The lowest BCUT2D eigenvalue weighted by molar-refractivity contribution is -0.265. The van der Waals surface area contributed by atoms with Crippen molar-refractivity contribution in [3.63, 3.8) is 0 Å². The number of esters is 1. The Hall–Kier alpha value is -3.92. The zero-order valence-corrected chi connectivity index (χ0v) is 40.5. The maximum absolute atomic E-state index is 14.2. The number of likely N-dealkylation sites (tertiary alicyclic amines) is 1. The van der Waals surface area contributed by atoms with Gasteiger partial charge < -0.3 is 38.8 Å². The van der Waals surface area contributed by atoms with Crippen LogP contribution in [0.5, 0.6) is 0 Å². The molecular formula is C51H77NO13. The number of piperidine rings is 1. The van der Waals surface area contributed by atoms with E-state index in [1.807, 2.05) is 51.2 Å². The highest BCUT2D eigenvalue weighted by atomic mass is 16.6. The van der Waals surface area contributed by atoms with Crippen molar-refractivity contribution in [3.8, 4) is 0 Å². The fourth-order valence-corrected chi connectivity index (χ4v) is 9.12. The van der Waals surface area contributed by atoms with E-state index in [4.69, 9.17) is 23.7 Å². The lowest BCUT2D eigenvalue weighted by Crippen LogP contribution is -2.60. The number of ether oxygens (including phenoxy) is 5. The molecule has 3 aliphatic rings. The highest BCUT2D eigenvalue weighted by Crippen LogP contribution is 2.37. The van der Waals surface area contributed by atoms with Gasteiger partial charge in [-0.3, -0.25) is 24.0 Å². The first-order valence-electron chi connectivity index (χ1n) is 23.4. The van der Waals surface area contributed by atoms with E-state index >= 15 is 0 Å². The van der Waals surface area contributed by atoms with Crippen LogP contribution in [0.15, 0.2) is 59.4 Å². The lowest BCUT2D eigenvalue weighted by Gasteiger charge is -2.42. The molecule has 12 atom stereocenters. The van der Waals surface area contributed by atoms with Gasteiger partial charge in [0.25, 0.3) is 11.7 Å². The van der Waals surface area contributed by atoms with E-state index < -0.39 is 65.6 Å². The number of nitrogens with zero attached hydrogens (tertiary/aromatic N) is 1. The number of carbonyl (C=O) groups excluding carboxylic acids is 6. The molecule has 2 N–H and O–H groups in total. The Labute approximate surface area is 386 Å². The van der Waals surface area contributed by atoms with Crippen LogP contribution in [0.2, 0.25) is 0 Å². The third-order valence-electron chi connectivity index (χ3n) is 13.3. The van der Waals surface area contributed by atoms with Crippen molar-refractivity contribution < 1.29 is 62.7 Å². The van der Waals surface area contributed by atoms with E-state index in [0.29, 0.717) is 69.6 Å². The van der Waals surface area contributed by atoms with E-state index in [0.717, 1.165) is 16.9 Å². The zero-order valence-electron chi connectivity index (χ0n) is 40.5. The monoisotopic (exact) mass is 912 g/mol. The number of aliphatic hydroxyl groups excluding tert-OH is 1. The fourth-order valence-electron chi connectivity index (χ4n) is 9.12. The van der Waals surface area contributed by atoms with Gasteiger partial charge in [0.2, 0.25) is 5.79 Å². The maximum Gasteiger partial charge on any atom is 0.333 e. The summed E-state index contributed by atoms with van der Waals surface area (Å²) < 4.78 is 28.4. The van der Waals surface area contributed by atoms with E-state index in [2.05, 4.69) is 6.92 Å². The highest BCUT2D eigenvalue weighted by Gasteiger charge is 2.53. The van der Waals surface area contributed by atoms with Gasteiger partial charge in [-0.25, -0.2) is 4.79 Å². The number of hydrogen-bond donors (Lipinski definition) is 2. The Morgan fingerprint density at radius 3 is 2.29 bits per heavy atom. The molecule has 0 aromatic heterocycles. The minimum Gasteiger partial charge on any atom is -0.429 e. The standard InChI is InChI=1S/C51H77NO13/c1-32(24-36(5)44(56)31-61-8)16-12-11-13-17-34(3)45(62-9)28-40-21-19-38(7)51(60,65-40)48(57)49(58)52-23-15-14-18-41(52)50(59)64-46(29-43(55)35(4)25-33(2)30-53)37(6)26-39-20-22-42(54)47(27-39)63-10/h11-13,16-17,25,29-30,32,35-42,45,47,54,60H,14-15,18-24,26-28,31H2,1-10H3/b13-11+,16-12+,33-25+,34-17+,46-29?. The summed E-state index contributed by atoms with van der Waals surface area (Å²) in [6, 6.07) is -1.16. The van der Waals surface area contributed by atoms with Gasteiger partial charge in [0, 0.05) is 64.0 Å². The van der Waals surface area contributed by atoms with Crippen molar-refractivity contribution >= 4 is 35.5 Å². The van der Waals surface area contributed by atoms with Crippen LogP contribution in [0.4, 0.5) is 0 Å². The molecule has 0 aromatic carbocycles. The van der Waals surface area contributed by atoms with Crippen LogP contribution in [0, 0.1) is 35.5 Å². The summed E-state index contributed by atoms with van der Waals surface area (Å²) in [6.45, 7) is 12.8. The lowest BCUT2D eigenvalue weighted by atomic mass is 9.80. The Balaban J connectivity index is 1.75. The van der Waals surface area contributed by atoms with Gasteiger partial charge >= 0.3 is 5.97 Å². The van der Waals surface area contributed by atoms with Gasteiger partial charge in [0.1, 0.15) is 24.7 Å². The van der Waals surface area contributed by atoms with Gasteiger partial charge in [-0.2, -0.15) is 0 Å². The first kappa shape index (κ1) is 55.4. The number of carbonyl (C=O) groups is 6. The maximum atomic E-state index is 14.2. The summed E-state index contributed by atoms with van der Waals surface area (Å²) in [6.07, 6.45) is 16.8. The van der Waals surface area contributed by atoms with Crippen molar-refractivity contribution in [2.45, 2.75) is 155 Å². The fraction of sp³-hybridized carbons (Fsp3) is 0.686. The van der Waals surface area contributed by atoms with Crippen LogP contribution in [0.1, 0.15) is 119 Å². The average molecular weight is 912 g/mol. The second kappa shape index (κ2) is 27.0. The topological polar surface area (TPSA) is 192 Å². The Morgan fingerprint density at radius 1 is 0.908 bits per heavy atom. The van der Waals surface area contributed by atoms with Crippen LogP contribution >= 0.6 is 0 Å². The first-order valence-corrected chi connectivity index (χ1v) is 23.4. The van der Waals surface area contributed by atoms with Gasteiger partial charge in [-0.05, 0) is 101 Å². The second-order valence-electron chi connectivity index (χ2n) is 18.8. The number of Topliss-reactive ketones (excluding diaryl/α,β-unsaturated/α-hetero) is 2.